The largest absolute Gasteiger partial charge is 0.393 e. The topological polar surface area (TPSA) is 60.2 Å². The first-order chi connectivity index (χ1) is 7.45. The second-order valence-electron chi connectivity index (χ2n) is 3.52. The number of nitrogens with two attached hydrogens (primary N) is 1. The summed E-state index contributed by atoms with van der Waals surface area (Å²) >= 11 is 4.78. The standard InChI is InChI=1S/C11H15NO2S2/c1-2-16(13,14)10-5-3-4-9(8-10)6-7-11(12)15/h3-5,8H,2,6-7H2,1H3,(H2,12,15). The Kier molecular flexibility index (Phi) is 4.44. The summed E-state index contributed by atoms with van der Waals surface area (Å²) in [5.74, 6) is 0.117. The smallest absolute Gasteiger partial charge is 0.178 e. The van der Waals surface area contributed by atoms with Gasteiger partial charge in [0.2, 0.25) is 0 Å². The molecule has 0 radical (unpaired) electrons. The molecule has 0 aromatic heterocycles. The van der Waals surface area contributed by atoms with Crippen molar-refractivity contribution in [3.63, 3.8) is 0 Å². The maximum atomic E-state index is 11.6. The van der Waals surface area contributed by atoms with Gasteiger partial charge in [0.15, 0.2) is 9.84 Å². The lowest BCUT2D eigenvalue weighted by Gasteiger charge is -2.04. The zero-order chi connectivity index (χ0) is 12.2. The van der Waals surface area contributed by atoms with Gasteiger partial charge in [-0.15, -0.1) is 0 Å². The number of hydrogen-bond donors (Lipinski definition) is 1. The van der Waals surface area contributed by atoms with Crippen molar-refractivity contribution in [2.45, 2.75) is 24.7 Å². The molecule has 0 aliphatic rings. The van der Waals surface area contributed by atoms with Gasteiger partial charge in [0.1, 0.15) is 0 Å². The first-order valence-electron chi connectivity index (χ1n) is 5.05. The maximum absolute atomic E-state index is 11.6. The van der Waals surface area contributed by atoms with Gasteiger partial charge in [-0.25, -0.2) is 8.42 Å². The molecular weight excluding hydrogens is 242 g/mol. The molecule has 2 N–H and O–H groups in total. The van der Waals surface area contributed by atoms with Crippen LogP contribution in [-0.2, 0) is 16.3 Å². The summed E-state index contributed by atoms with van der Waals surface area (Å²) in [4.78, 5) is 0.819. The highest BCUT2D eigenvalue weighted by Crippen LogP contribution is 2.14. The Hall–Kier alpha value is -0.940. The van der Waals surface area contributed by atoms with Crippen LogP contribution in [0.15, 0.2) is 29.2 Å². The Morgan fingerprint density at radius 3 is 2.69 bits per heavy atom. The molecule has 0 aliphatic carbocycles. The van der Waals surface area contributed by atoms with Crippen LogP contribution in [-0.4, -0.2) is 19.2 Å². The SMILES string of the molecule is CCS(=O)(=O)c1cccc(CCC(N)=S)c1. The molecule has 0 saturated carbocycles. The molecule has 1 aromatic carbocycles. The zero-order valence-corrected chi connectivity index (χ0v) is 10.8. The monoisotopic (exact) mass is 257 g/mol. The summed E-state index contributed by atoms with van der Waals surface area (Å²) in [5, 5.41) is 0. The van der Waals surface area contributed by atoms with Crippen molar-refractivity contribution in [2.24, 2.45) is 5.73 Å². The van der Waals surface area contributed by atoms with Crippen LogP contribution in [0.25, 0.3) is 0 Å². The molecule has 3 nitrogen and oxygen atoms in total. The van der Waals surface area contributed by atoms with Crippen LogP contribution in [0.2, 0.25) is 0 Å². The van der Waals surface area contributed by atoms with Gasteiger partial charge >= 0.3 is 0 Å². The minimum atomic E-state index is -3.12. The van der Waals surface area contributed by atoms with E-state index in [2.05, 4.69) is 0 Å². The highest BCUT2D eigenvalue weighted by molar-refractivity contribution is 7.91. The first-order valence-corrected chi connectivity index (χ1v) is 7.12. The predicted octanol–water partition coefficient (Wildman–Crippen LogP) is 1.70. The molecule has 0 unspecified atom stereocenters. The van der Waals surface area contributed by atoms with Crippen LogP contribution in [0.1, 0.15) is 18.9 Å². The summed E-state index contributed by atoms with van der Waals surface area (Å²) in [6.45, 7) is 1.64. The van der Waals surface area contributed by atoms with Crippen molar-refractivity contribution in [2.75, 3.05) is 5.75 Å². The third kappa shape index (κ3) is 3.57. The van der Waals surface area contributed by atoms with Gasteiger partial charge in [0.25, 0.3) is 0 Å². The summed E-state index contributed by atoms with van der Waals surface area (Å²) in [6.07, 6.45) is 1.29. The Balaban J connectivity index is 2.91. The molecule has 1 aromatic rings. The molecule has 0 spiro atoms. The summed E-state index contributed by atoms with van der Waals surface area (Å²) < 4.78 is 23.3. The fraction of sp³-hybridized carbons (Fsp3) is 0.364. The molecule has 0 amide bonds. The summed E-state index contributed by atoms with van der Waals surface area (Å²) in [5.41, 5.74) is 6.35. The fourth-order valence-electron chi connectivity index (χ4n) is 1.33. The van der Waals surface area contributed by atoms with Gasteiger partial charge in [0.05, 0.1) is 15.6 Å². The Labute approximate surface area is 102 Å². The Morgan fingerprint density at radius 2 is 2.12 bits per heavy atom. The van der Waals surface area contributed by atoms with E-state index in [0.29, 0.717) is 22.7 Å². The average molecular weight is 257 g/mol. The second kappa shape index (κ2) is 5.41. The molecule has 88 valence electrons. The molecule has 1 rings (SSSR count). The summed E-state index contributed by atoms with van der Waals surface area (Å²) in [6, 6.07) is 6.94. The second-order valence-corrected chi connectivity index (χ2v) is 6.32. The minimum absolute atomic E-state index is 0.117. The minimum Gasteiger partial charge on any atom is -0.393 e. The number of thiocarbonyl (C=S) groups is 1. The van der Waals surface area contributed by atoms with E-state index in [-0.39, 0.29) is 5.75 Å². The number of rotatable bonds is 5. The van der Waals surface area contributed by atoms with Crippen molar-refractivity contribution in [1.82, 2.24) is 0 Å². The molecule has 0 atom stereocenters. The molecular formula is C11H15NO2S2. The van der Waals surface area contributed by atoms with E-state index in [0.717, 1.165) is 5.56 Å². The molecule has 0 bridgehead atoms. The molecule has 16 heavy (non-hydrogen) atoms. The van der Waals surface area contributed by atoms with Gasteiger partial charge in [0, 0.05) is 6.42 Å². The molecule has 0 heterocycles. The quantitative estimate of drug-likeness (QED) is 0.816. The highest BCUT2D eigenvalue weighted by atomic mass is 32.2. The predicted molar refractivity (Wildman–Crippen MR) is 69.3 cm³/mol. The van der Waals surface area contributed by atoms with E-state index in [9.17, 15) is 8.42 Å². The van der Waals surface area contributed by atoms with Gasteiger partial charge in [-0.1, -0.05) is 31.3 Å². The number of hydrogen-bond acceptors (Lipinski definition) is 3. The van der Waals surface area contributed by atoms with Gasteiger partial charge in [-0.2, -0.15) is 0 Å². The van der Waals surface area contributed by atoms with Gasteiger partial charge < -0.3 is 5.73 Å². The van der Waals surface area contributed by atoms with E-state index >= 15 is 0 Å². The van der Waals surface area contributed by atoms with Crippen LogP contribution >= 0.6 is 12.2 Å². The van der Waals surface area contributed by atoms with Crippen LogP contribution in [0, 0.1) is 0 Å². The summed E-state index contributed by atoms with van der Waals surface area (Å²) in [7, 11) is -3.12. The zero-order valence-electron chi connectivity index (χ0n) is 9.14. The number of benzene rings is 1. The lowest BCUT2D eigenvalue weighted by molar-refractivity contribution is 0.597. The first kappa shape index (κ1) is 13.1. The van der Waals surface area contributed by atoms with Gasteiger partial charge in [-0.05, 0) is 24.1 Å². The van der Waals surface area contributed by atoms with Gasteiger partial charge in [-0.3, -0.25) is 0 Å². The normalized spacial score (nSPS) is 11.3. The molecule has 0 aliphatic heterocycles. The van der Waals surface area contributed by atoms with Crippen molar-refractivity contribution in [3.05, 3.63) is 29.8 Å². The van der Waals surface area contributed by atoms with Crippen LogP contribution in [0.5, 0.6) is 0 Å². The van der Waals surface area contributed by atoms with E-state index in [4.69, 9.17) is 18.0 Å². The highest BCUT2D eigenvalue weighted by Gasteiger charge is 2.11. The van der Waals surface area contributed by atoms with Crippen LogP contribution in [0.3, 0.4) is 0 Å². The number of aryl methyl sites for hydroxylation is 1. The van der Waals surface area contributed by atoms with Crippen molar-refractivity contribution in [3.8, 4) is 0 Å². The van der Waals surface area contributed by atoms with Crippen LogP contribution in [0.4, 0.5) is 0 Å². The lowest BCUT2D eigenvalue weighted by Crippen LogP contribution is -2.09. The molecule has 5 heteroatoms. The maximum Gasteiger partial charge on any atom is 0.178 e. The lowest BCUT2D eigenvalue weighted by atomic mass is 10.1. The third-order valence-electron chi connectivity index (χ3n) is 2.30. The van der Waals surface area contributed by atoms with Crippen LogP contribution < -0.4 is 5.73 Å². The van der Waals surface area contributed by atoms with E-state index in [1.54, 1.807) is 25.1 Å². The van der Waals surface area contributed by atoms with Crippen molar-refractivity contribution < 1.29 is 8.42 Å². The fourth-order valence-corrected chi connectivity index (χ4v) is 2.38. The van der Waals surface area contributed by atoms with E-state index in [1.165, 1.54) is 0 Å². The van der Waals surface area contributed by atoms with Crippen molar-refractivity contribution >= 4 is 27.0 Å². The average Bonchev–Trinajstić information content (AvgIpc) is 2.27. The molecule has 0 fully saturated rings. The van der Waals surface area contributed by atoms with Crippen molar-refractivity contribution in [1.29, 1.82) is 0 Å². The Bertz CT molecular complexity index is 481. The third-order valence-corrected chi connectivity index (χ3v) is 4.23. The van der Waals surface area contributed by atoms with E-state index < -0.39 is 9.84 Å². The Morgan fingerprint density at radius 1 is 1.44 bits per heavy atom. The number of sulfone groups is 1. The molecule has 0 saturated heterocycles. The van der Waals surface area contributed by atoms with E-state index in [1.807, 2.05) is 6.07 Å².